The van der Waals surface area contributed by atoms with Crippen LogP contribution < -0.4 is 5.32 Å². The Bertz CT molecular complexity index is 743. The van der Waals surface area contributed by atoms with Crippen molar-refractivity contribution in [3.05, 3.63) is 42.5 Å². The third kappa shape index (κ3) is 2.38. The summed E-state index contributed by atoms with van der Waals surface area (Å²) >= 11 is 0. The summed E-state index contributed by atoms with van der Waals surface area (Å²) in [6.07, 6.45) is 5.22. The first-order valence-electron chi connectivity index (χ1n) is 7.77. The highest BCUT2D eigenvalue weighted by Gasteiger charge is 2.41. The fourth-order valence-corrected chi connectivity index (χ4v) is 3.54. The van der Waals surface area contributed by atoms with E-state index in [1.165, 1.54) is 6.33 Å². The number of nitrogens with zero attached hydrogens (tertiary/aromatic N) is 4. The molecule has 1 aromatic heterocycles. The Kier molecular flexibility index (Phi) is 3.33. The van der Waals surface area contributed by atoms with E-state index < -0.39 is 0 Å². The number of para-hydroxylation sites is 1. The molecule has 2 bridgehead atoms. The van der Waals surface area contributed by atoms with Crippen molar-refractivity contribution in [2.75, 3.05) is 6.54 Å². The number of rotatable bonds is 2. The van der Waals surface area contributed by atoms with Crippen molar-refractivity contribution in [1.82, 2.24) is 25.0 Å². The maximum absolute atomic E-state index is 13.2. The average molecular weight is 311 g/mol. The number of carbonyl (C=O) groups is 2. The van der Waals surface area contributed by atoms with Crippen LogP contribution in [0.25, 0.3) is 5.69 Å². The van der Waals surface area contributed by atoms with E-state index in [2.05, 4.69) is 15.4 Å². The number of fused-ring (bicyclic) bond motifs is 2. The zero-order valence-corrected chi connectivity index (χ0v) is 12.6. The van der Waals surface area contributed by atoms with Gasteiger partial charge in [0.25, 0.3) is 5.91 Å². The van der Waals surface area contributed by atoms with E-state index in [9.17, 15) is 9.59 Å². The summed E-state index contributed by atoms with van der Waals surface area (Å²) in [5.41, 5.74) is 1.29. The SMILES string of the molecule is O=C1C[C@H]2CC[C@@H](CN1)N2C(=O)c1ccccc1-n1cncn1. The third-order valence-corrected chi connectivity index (χ3v) is 4.61. The molecule has 1 N–H and O–H groups in total. The first kappa shape index (κ1) is 13.9. The molecule has 0 unspecified atom stereocenters. The molecule has 0 saturated carbocycles. The van der Waals surface area contributed by atoms with Crippen molar-refractivity contribution in [2.24, 2.45) is 0 Å². The van der Waals surface area contributed by atoms with Gasteiger partial charge in [-0.3, -0.25) is 9.59 Å². The monoisotopic (exact) mass is 311 g/mol. The van der Waals surface area contributed by atoms with Crippen molar-refractivity contribution in [3.63, 3.8) is 0 Å². The van der Waals surface area contributed by atoms with Gasteiger partial charge in [0, 0.05) is 25.0 Å². The summed E-state index contributed by atoms with van der Waals surface area (Å²) in [6.45, 7) is 0.534. The van der Waals surface area contributed by atoms with E-state index in [1.807, 2.05) is 23.1 Å². The van der Waals surface area contributed by atoms with Crippen LogP contribution in [0.2, 0.25) is 0 Å². The minimum absolute atomic E-state index is 0.0150. The molecule has 2 atom stereocenters. The lowest BCUT2D eigenvalue weighted by atomic mass is 10.1. The van der Waals surface area contributed by atoms with E-state index in [0.717, 1.165) is 12.8 Å². The smallest absolute Gasteiger partial charge is 0.256 e. The van der Waals surface area contributed by atoms with Crippen molar-refractivity contribution in [2.45, 2.75) is 31.3 Å². The maximum Gasteiger partial charge on any atom is 0.256 e. The summed E-state index contributed by atoms with van der Waals surface area (Å²) < 4.78 is 1.59. The molecule has 0 aliphatic carbocycles. The molecule has 1 aromatic carbocycles. The van der Waals surface area contributed by atoms with Gasteiger partial charge in [-0.05, 0) is 25.0 Å². The second kappa shape index (κ2) is 5.49. The molecule has 118 valence electrons. The lowest BCUT2D eigenvalue weighted by Gasteiger charge is -2.28. The molecular formula is C16H17N5O2. The molecule has 2 aliphatic heterocycles. The van der Waals surface area contributed by atoms with Gasteiger partial charge < -0.3 is 10.2 Å². The Morgan fingerprint density at radius 2 is 2.04 bits per heavy atom. The van der Waals surface area contributed by atoms with E-state index in [-0.39, 0.29) is 23.9 Å². The topological polar surface area (TPSA) is 80.1 Å². The predicted molar refractivity (Wildman–Crippen MR) is 82.0 cm³/mol. The predicted octanol–water partition coefficient (Wildman–Crippen LogP) is 0.760. The summed E-state index contributed by atoms with van der Waals surface area (Å²) in [4.78, 5) is 30.8. The molecule has 4 rings (SSSR count). The number of amides is 2. The number of hydrogen-bond acceptors (Lipinski definition) is 4. The van der Waals surface area contributed by atoms with Gasteiger partial charge in [-0.15, -0.1) is 0 Å². The maximum atomic E-state index is 13.2. The largest absolute Gasteiger partial charge is 0.354 e. The van der Waals surface area contributed by atoms with Gasteiger partial charge in [0.2, 0.25) is 5.91 Å². The van der Waals surface area contributed by atoms with Gasteiger partial charge in [-0.25, -0.2) is 9.67 Å². The van der Waals surface area contributed by atoms with E-state index in [0.29, 0.717) is 24.2 Å². The zero-order valence-electron chi connectivity index (χ0n) is 12.6. The van der Waals surface area contributed by atoms with E-state index in [4.69, 9.17) is 0 Å². The average Bonchev–Trinajstić information content (AvgIpc) is 3.18. The molecule has 23 heavy (non-hydrogen) atoms. The second-order valence-corrected chi connectivity index (χ2v) is 5.96. The van der Waals surface area contributed by atoms with E-state index in [1.54, 1.807) is 17.1 Å². The van der Waals surface area contributed by atoms with Crippen molar-refractivity contribution in [1.29, 1.82) is 0 Å². The first-order valence-corrected chi connectivity index (χ1v) is 7.77. The Morgan fingerprint density at radius 1 is 1.22 bits per heavy atom. The molecule has 2 aliphatic rings. The Hall–Kier alpha value is -2.70. The highest BCUT2D eigenvalue weighted by atomic mass is 16.2. The van der Waals surface area contributed by atoms with E-state index >= 15 is 0 Å². The van der Waals surface area contributed by atoms with Crippen LogP contribution in [0.3, 0.4) is 0 Å². The fraction of sp³-hybridized carbons (Fsp3) is 0.375. The van der Waals surface area contributed by atoms with Crippen LogP contribution in [-0.2, 0) is 4.79 Å². The molecule has 3 heterocycles. The molecule has 2 fully saturated rings. The Morgan fingerprint density at radius 3 is 2.87 bits per heavy atom. The lowest BCUT2D eigenvalue weighted by molar-refractivity contribution is -0.121. The van der Waals surface area contributed by atoms with Crippen LogP contribution in [-0.4, -0.2) is 50.1 Å². The molecule has 2 aromatic rings. The minimum Gasteiger partial charge on any atom is -0.354 e. The fourth-order valence-electron chi connectivity index (χ4n) is 3.54. The number of benzene rings is 1. The standard InChI is InChI=1S/C16H17N5O2/c22-15-7-11-5-6-12(8-18-15)21(11)16(23)13-3-1-2-4-14(13)20-10-17-9-19-20/h1-4,9-12H,5-8H2,(H,18,22)/t11-,12+/m1/s1. The molecule has 0 radical (unpaired) electrons. The first-order chi connectivity index (χ1) is 11.2. The van der Waals surface area contributed by atoms with Gasteiger partial charge >= 0.3 is 0 Å². The normalized spacial score (nSPS) is 23.5. The second-order valence-electron chi connectivity index (χ2n) is 5.96. The molecule has 7 nitrogen and oxygen atoms in total. The van der Waals surface area contributed by atoms with Crippen LogP contribution in [0.5, 0.6) is 0 Å². The summed E-state index contributed by atoms with van der Waals surface area (Å²) in [5, 5.41) is 7.02. The number of carbonyl (C=O) groups excluding carboxylic acids is 2. The summed E-state index contributed by atoms with van der Waals surface area (Å²) in [6, 6.07) is 7.43. The zero-order chi connectivity index (χ0) is 15.8. The van der Waals surface area contributed by atoms with Gasteiger partial charge in [-0.1, -0.05) is 12.1 Å². The quantitative estimate of drug-likeness (QED) is 0.888. The Labute approximate surface area is 133 Å². The van der Waals surface area contributed by atoms with Gasteiger partial charge in [-0.2, -0.15) is 5.10 Å². The molecule has 2 saturated heterocycles. The van der Waals surface area contributed by atoms with Crippen molar-refractivity contribution in [3.8, 4) is 5.69 Å². The number of nitrogens with one attached hydrogen (secondary N) is 1. The van der Waals surface area contributed by atoms with Crippen LogP contribution in [0.4, 0.5) is 0 Å². The third-order valence-electron chi connectivity index (χ3n) is 4.61. The van der Waals surface area contributed by atoms with Crippen LogP contribution in [0.1, 0.15) is 29.6 Å². The number of aromatic nitrogens is 3. The van der Waals surface area contributed by atoms with Crippen LogP contribution >= 0.6 is 0 Å². The Balaban J connectivity index is 1.71. The minimum atomic E-state index is -0.0416. The van der Waals surface area contributed by atoms with Crippen molar-refractivity contribution >= 4 is 11.8 Å². The summed E-state index contributed by atoms with van der Waals surface area (Å²) in [5.74, 6) is -0.0142. The lowest BCUT2D eigenvalue weighted by Crippen LogP contribution is -2.42. The molecular weight excluding hydrogens is 294 g/mol. The highest BCUT2D eigenvalue weighted by molar-refractivity contribution is 5.98. The molecule has 0 spiro atoms. The molecule has 2 amide bonds. The van der Waals surface area contributed by atoms with Gasteiger partial charge in [0.05, 0.1) is 11.3 Å². The van der Waals surface area contributed by atoms with Crippen molar-refractivity contribution < 1.29 is 9.59 Å². The highest BCUT2D eigenvalue weighted by Crippen LogP contribution is 2.31. The van der Waals surface area contributed by atoms with Crippen LogP contribution in [0.15, 0.2) is 36.9 Å². The molecule has 7 heteroatoms. The summed E-state index contributed by atoms with van der Waals surface area (Å²) in [7, 11) is 0. The van der Waals surface area contributed by atoms with Gasteiger partial charge in [0.1, 0.15) is 12.7 Å². The van der Waals surface area contributed by atoms with Gasteiger partial charge in [0.15, 0.2) is 0 Å². The number of hydrogen-bond donors (Lipinski definition) is 1. The van der Waals surface area contributed by atoms with Crippen LogP contribution in [0, 0.1) is 0 Å².